The third-order valence-corrected chi connectivity index (χ3v) is 3.44. The summed E-state index contributed by atoms with van der Waals surface area (Å²) in [5.74, 6) is -0.150. The van der Waals surface area contributed by atoms with Crippen molar-refractivity contribution < 1.29 is 23.5 Å². The lowest BCUT2D eigenvalue weighted by Crippen LogP contribution is -2.28. The number of aryl methyl sites for hydroxylation is 1. The van der Waals surface area contributed by atoms with E-state index in [1.165, 1.54) is 6.07 Å². The number of rotatable bonds is 7. The second-order valence-electron chi connectivity index (χ2n) is 5.52. The molecule has 2 aromatic rings. The molecule has 0 saturated heterocycles. The summed E-state index contributed by atoms with van der Waals surface area (Å²) in [6.45, 7) is 3.76. The minimum Gasteiger partial charge on any atom is -0.484 e. The molecule has 0 aliphatic carbocycles. The number of hydrogen-bond donors (Lipinski definition) is 2. The quantitative estimate of drug-likeness (QED) is 0.793. The van der Waals surface area contributed by atoms with Crippen molar-refractivity contribution in [2.75, 3.05) is 18.5 Å². The zero-order chi connectivity index (χ0) is 18.9. The van der Waals surface area contributed by atoms with Gasteiger partial charge in [-0.15, -0.1) is 0 Å². The highest BCUT2D eigenvalue weighted by Gasteiger charge is 2.06. The predicted octanol–water partition coefficient (Wildman–Crippen LogP) is 3.40. The molecule has 0 aliphatic rings. The average Bonchev–Trinajstić information content (AvgIpc) is 2.61. The Labute approximate surface area is 151 Å². The monoisotopic (exact) mass is 360 g/mol. The first kappa shape index (κ1) is 19.2. The third kappa shape index (κ3) is 6.08. The molecular formula is C19H21FN2O4. The van der Waals surface area contributed by atoms with Crippen LogP contribution in [-0.4, -0.2) is 25.2 Å². The van der Waals surface area contributed by atoms with Gasteiger partial charge in [-0.05, 0) is 43.2 Å². The molecule has 0 saturated carbocycles. The maximum Gasteiger partial charge on any atom is 0.411 e. The summed E-state index contributed by atoms with van der Waals surface area (Å²) in [4.78, 5) is 23.3. The summed E-state index contributed by atoms with van der Waals surface area (Å²) in [6, 6.07) is 11.3. The predicted molar refractivity (Wildman–Crippen MR) is 95.6 cm³/mol. The lowest BCUT2D eigenvalue weighted by Gasteiger charge is -2.10. The highest BCUT2D eigenvalue weighted by atomic mass is 19.1. The summed E-state index contributed by atoms with van der Waals surface area (Å²) >= 11 is 0. The molecule has 0 unspecified atom stereocenters. The molecule has 0 bridgehead atoms. The number of benzene rings is 2. The topological polar surface area (TPSA) is 76.7 Å². The van der Waals surface area contributed by atoms with Gasteiger partial charge in [-0.25, -0.2) is 9.18 Å². The molecule has 138 valence electrons. The van der Waals surface area contributed by atoms with Crippen LogP contribution in [0.15, 0.2) is 42.5 Å². The van der Waals surface area contributed by atoms with Crippen LogP contribution in [0.25, 0.3) is 0 Å². The molecule has 0 aliphatic heterocycles. The maximum atomic E-state index is 13.2. The molecule has 0 spiro atoms. The fourth-order valence-corrected chi connectivity index (χ4v) is 2.17. The van der Waals surface area contributed by atoms with Gasteiger partial charge in [0.05, 0.1) is 6.61 Å². The lowest BCUT2D eigenvalue weighted by molar-refractivity contribution is -0.123. The molecule has 0 radical (unpaired) electrons. The Kier molecular flexibility index (Phi) is 6.96. The van der Waals surface area contributed by atoms with Crippen LogP contribution in [-0.2, 0) is 16.1 Å². The van der Waals surface area contributed by atoms with Crippen LogP contribution in [0, 0.1) is 12.7 Å². The highest BCUT2D eigenvalue weighted by molar-refractivity contribution is 5.84. The van der Waals surface area contributed by atoms with Crippen LogP contribution in [0.5, 0.6) is 5.75 Å². The van der Waals surface area contributed by atoms with Gasteiger partial charge in [-0.3, -0.25) is 10.1 Å². The summed E-state index contributed by atoms with van der Waals surface area (Å²) in [5, 5.41) is 5.26. The smallest absolute Gasteiger partial charge is 0.411 e. The number of carbonyl (C=O) groups is 2. The van der Waals surface area contributed by atoms with Crippen molar-refractivity contribution in [3.05, 3.63) is 59.4 Å². The number of carbonyl (C=O) groups excluding carboxylic acids is 2. The molecule has 26 heavy (non-hydrogen) atoms. The van der Waals surface area contributed by atoms with Crippen LogP contribution in [0.1, 0.15) is 18.1 Å². The summed E-state index contributed by atoms with van der Waals surface area (Å²) in [7, 11) is 0. The van der Waals surface area contributed by atoms with Crippen molar-refractivity contribution in [3.63, 3.8) is 0 Å². The first-order valence-electron chi connectivity index (χ1n) is 8.16. The van der Waals surface area contributed by atoms with E-state index in [0.29, 0.717) is 17.0 Å². The molecule has 0 fully saturated rings. The molecule has 0 aromatic heterocycles. The van der Waals surface area contributed by atoms with Crippen molar-refractivity contribution in [1.29, 1.82) is 0 Å². The summed E-state index contributed by atoms with van der Waals surface area (Å²) < 4.78 is 23.4. The zero-order valence-electron chi connectivity index (χ0n) is 14.7. The van der Waals surface area contributed by atoms with Gasteiger partial charge < -0.3 is 14.8 Å². The number of hydrogen-bond acceptors (Lipinski definition) is 4. The van der Waals surface area contributed by atoms with E-state index in [4.69, 9.17) is 9.47 Å². The van der Waals surface area contributed by atoms with Gasteiger partial charge in [0.15, 0.2) is 6.61 Å². The summed E-state index contributed by atoms with van der Waals surface area (Å²) in [6.07, 6.45) is -0.558. The standard InChI is InChI=1S/C19H21FN2O4/c1-3-25-19(24)22-15-5-4-6-16(10-15)26-12-18(23)21-11-14-7-8-17(20)13(2)9-14/h4-10H,3,11-12H2,1-2H3,(H,21,23)(H,22,24). The van der Waals surface area contributed by atoms with E-state index >= 15 is 0 Å². The van der Waals surface area contributed by atoms with E-state index in [2.05, 4.69) is 10.6 Å². The molecule has 0 atom stereocenters. The molecule has 7 heteroatoms. The Bertz CT molecular complexity index is 780. The van der Waals surface area contributed by atoms with Gasteiger partial charge in [-0.1, -0.05) is 18.2 Å². The Morgan fingerprint density at radius 3 is 2.69 bits per heavy atom. The Morgan fingerprint density at radius 2 is 1.96 bits per heavy atom. The highest BCUT2D eigenvalue weighted by Crippen LogP contribution is 2.17. The van der Waals surface area contributed by atoms with E-state index < -0.39 is 6.09 Å². The Morgan fingerprint density at radius 1 is 1.15 bits per heavy atom. The van der Waals surface area contributed by atoms with E-state index in [0.717, 1.165) is 5.56 Å². The fourth-order valence-electron chi connectivity index (χ4n) is 2.17. The van der Waals surface area contributed by atoms with Crippen LogP contribution >= 0.6 is 0 Å². The van der Waals surface area contributed by atoms with Gasteiger partial charge in [-0.2, -0.15) is 0 Å². The van der Waals surface area contributed by atoms with E-state index in [-0.39, 0.29) is 31.5 Å². The van der Waals surface area contributed by atoms with E-state index in [9.17, 15) is 14.0 Å². The van der Waals surface area contributed by atoms with Gasteiger partial charge in [0.2, 0.25) is 0 Å². The van der Waals surface area contributed by atoms with Gasteiger partial charge in [0.25, 0.3) is 5.91 Å². The molecule has 2 aromatic carbocycles. The average molecular weight is 360 g/mol. The first-order valence-corrected chi connectivity index (χ1v) is 8.16. The Hall–Kier alpha value is -3.09. The normalized spacial score (nSPS) is 10.1. The fraction of sp³-hybridized carbons (Fsp3) is 0.263. The van der Waals surface area contributed by atoms with Crippen molar-refractivity contribution >= 4 is 17.7 Å². The largest absolute Gasteiger partial charge is 0.484 e. The number of ether oxygens (including phenoxy) is 2. The van der Waals surface area contributed by atoms with Crippen molar-refractivity contribution in [1.82, 2.24) is 5.32 Å². The Balaban J connectivity index is 1.81. The zero-order valence-corrected chi connectivity index (χ0v) is 14.7. The van der Waals surface area contributed by atoms with Crippen molar-refractivity contribution in [3.8, 4) is 5.75 Å². The summed E-state index contributed by atoms with van der Waals surface area (Å²) in [5.41, 5.74) is 1.83. The molecule has 0 heterocycles. The van der Waals surface area contributed by atoms with E-state index in [1.807, 2.05) is 0 Å². The number of amides is 2. The van der Waals surface area contributed by atoms with Gasteiger partial charge in [0.1, 0.15) is 11.6 Å². The first-order chi connectivity index (χ1) is 12.5. The molecule has 2 amide bonds. The van der Waals surface area contributed by atoms with Crippen molar-refractivity contribution in [2.45, 2.75) is 20.4 Å². The molecule has 6 nitrogen and oxygen atoms in total. The molecular weight excluding hydrogens is 339 g/mol. The van der Waals surface area contributed by atoms with Crippen LogP contribution in [0.4, 0.5) is 14.9 Å². The third-order valence-electron chi connectivity index (χ3n) is 3.44. The van der Waals surface area contributed by atoms with Crippen LogP contribution in [0.2, 0.25) is 0 Å². The second-order valence-corrected chi connectivity index (χ2v) is 5.52. The second kappa shape index (κ2) is 9.41. The molecule has 2 rings (SSSR count). The van der Waals surface area contributed by atoms with Crippen molar-refractivity contribution in [2.24, 2.45) is 0 Å². The van der Waals surface area contributed by atoms with E-state index in [1.54, 1.807) is 50.2 Å². The van der Waals surface area contributed by atoms with Gasteiger partial charge >= 0.3 is 6.09 Å². The van der Waals surface area contributed by atoms with Gasteiger partial charge in [0, 0.05) is 18.3 Å². The van der Waals surface area contributed by atoms with Crippen LogP contribution < -0.4 is 15.4 Å². The number of nitrogens with one attached hydrogen (secondary N) is 2. The minimum atomic E-state index is -0.558. The maximum absolute atomic E-state index is 13.2. The number of anilines is 1. The number of halogens is 1. The van der Waals surface area contributed by atoms with Crippen LogP contribution in [0.3, 0.4) is 0 Å². The molecule has 2 N–H and O–H groups in total. The minimum absolute atomic E-state index is 0.178. The lowest BCUT2D eigenvalue weighted by atomic mass is 10.1. The SMILES string of the molecule is CCOC(=O)Nc1cccc(OCC(=O)NCc2ccc(F)c(C)c2)c1.